The number of ether oxygens (including phenoxy) is 4. The normalized spacial score (nSPS) is 22.8. The van der Waals surface area contributed by atoms with Gasteiger partial charge in [0.15, 0.2) is 17.4 Å². The molecule has 46 heavy (non-hydrogen) atoms. The zero-order valence-corrected chi connectivity index (χ0v) is 28.7. The number of nitrogens with two attached hydrogens (primary N) is 1. The van der Waals surface area contributed by atoms with Gasteiger partial charge in [-0.2, -0.15) is 9.97 Å². The molecule has 2 aromatic heterocycles. The number of nitrogen functional groups attached to an aromatic ring is 1. The van der Waals surface area contributed by atoms with Gasteiger partial charge >= 0.3 is 13.6 Å². The second-order valence-electron chi connectivity index (χ2n) is 12.0. The van der Waals surface area contributed by atoms with Gasteiger partial charge < -0.3 is 29.8 Å². The minimum Gasteiger partial charge on any atom is -0.476 e. The van der Waals surface area contributed by atoms with Crippen molar-refractivity contribution in [3.05, 3.63) is 6.33 Å². The Bertz CT molecular complexity index is 1300. The Hall–Kier alpha value is -2.46. The Labute approximate surface area is 270 Å². The molecule has 0 radical (unpaired) electrons. The summed E-state index contributed by atoms with van der Waals surface area (Å²) in [6, 6.07) is -1.48. The number of hydrogen-bond acceptors (Lipinski definition) is 12. The van der Waals surface area contributed by atoms with Crippen LogP contribution in [0.15, 0.2) is 6.33 Å². The van der Waals surface area contributed by atoms with E-state index >= 15 is 4.57 Å². The third kappa shape index (κ3) is 9.78. The van der Waals surface area contributed by atoms with Gasteiger partial charge in [0, 0.05) is 18.6 Å². The molecule has 5 N–H and O–H groups in total. The molecule has 7 atom stereocenters. The van der Waals surface area contributed by atoms with Crippen LogP contribution in [0.2, 0.25) is 0 Å². The number of fused-ring (bicyclic) bond motifs is 1. The monoisotopic (exact) mass is 675 g/mol. The molecule has 0 saturated carbocycles. The van der Waals surface area contributed by atoms with Gasteiger partial charge in [-0.1, -0.05) is 27.7 Å². The molecule has 3 rings (SSSR count). The zero-order chi connectivity index (χ0) is 34.0. The van der Waals surface area contributed by atoms with Crippen LogP contribution in [0.4, 0.5) is 10.3 Å². The van der Waals surface area contributed by atoms with E-state index in [9.17, 15) is 14.3 Å². The predicted molar refractivity (Wildman–Crippen MR) is 170 cm³/mol. The highest BCUT2D eigenvalue weighted by molar-refractivity contribution is 7.54. The second kappa shape index (κ2) is 17.6. The van der Waals surface area contributed by atoms with Crippen LogP contribution in [-0.2, 0) is 28.1 Å². The van der Waals surface area contributed by atoms with Crippen LogP contribution in [0, 0.1) is 17.8 Å². The van der Waals surface area contributed by atoms with Crippen LogP contribution in [0.3, 0.4) is 0 Å². The summed E-state index contributed by atoms with van der Waals surface area (Å²) in [5, 5.41) is 16.2. The van der Waals surface area contributed by atoms with E-state index in [0.717, 1.165) is 0 Å². The summed E-state index contributed by atoms with van der Waals surface area (Å²) < 4.78 is 60.4. The Morgan fingerprint density at radius 2 is 1.85 bits per heavy atom. The first-order valence-corrected chi connectivity index (χ1v) is 17.6. The predicted octanol–water partition coefficient (Wildman–Crippen LogP) is 3.38. The van der Waals surface area contributed by atoms with Crippen LogP contribution < -0.4 is 20.6 Å². The molecule has 1 unspecified atom stereocenters. The van der Waals surface area contributed by atoms with Crippen molar-refractivity contribution in [2.45, 2.75) is 91.8 Å². The number of aliphatic hydroxyl groups excluding tert-OH is 1. The van der Waals surface area contributed by atoms with Crippen LogP contribution in [-0.4, -0.2) is 94.6 Å². The van der Waals surface area contributed by atoms with Crippen molar-refractivity contribution in [2.75, 3.05) is 45.4 Å². The standard InChI is InChI=1S/C29H51FN7O8P/c1-8-41-15-19(11-17(4)5)35-46(40,36-21(12-18(6)7)28(39)43-10-3)45-24-20(13-30)22(14-38)44-27(24)37-16-32-23-25(37)33-29(31)34-26(23)42-9-2/h16-22,24,27,38H,8-15H2,1-7H3,(H2,31,33,34)(H2,35,36,40)/t19-,20+,21-,22+,24+,27+,46?/m0/s1. The first-order valence-electron chi connectivity index (χ1n) is 15.9. The fourth-order valence-electron chi connectivity index (χ4n) is 5.45. The van der Waals surface area contributed by atoms with Crippen LogP contribution >= 0.6 is 7.67 Å². The molecule has 1 aliphatic heterocycles. The number of rotatable bonds is 20. The van der Waals surface area contributed by atoms with Crippen molar-refractivity contribution in [3.63, 3.8) is 0 Å². The van der Waals surface area contributed by atoms with E-state index in [2.05, 4.69) is 25.1 Å². The van der Waals surface area contributed by atoms with Crippen molar-refractivity contribution in [2.24, 2.45) is 17.8 Å². The summed E-state index contributed by atoms with van der Waals surface area (Å²) in [6.07, 6.45) is -1.21. The van der Waals surface area contributed by atoms with E-state index < -0.39 is 63.4 Å². The molecule has 15 nitrogen and oxygen atoms in total. The van der Waals surface area contributed by atoms with Gasteiger partial charge in [0.2, 0.25) is 11.8 Å². The average molecular weight is 676 g/mol. The number of aliphatic hydroxyl groups is 1. The van der Waals surface area contributed by atoms with Crippen molar-refractivity contribution < 1.29 is 42.3 Å². The van der Waals surface area contributed by atoms with Gasteiger partial charge in [-0.05, 0) is 45.4 Å². The minimum atomic E-state index is -4.25. The molecular formula is C29H51FN7O8P. The van der Waals surface area contributed by atoms with Crippen molar-refractivity contribution in [1.29, 1.82) is 0 Å². The number of alkyl halides is 1. The third-order valence-electron chi connectivity index (χ3n) is 7.32. The lowest BCUT2D eigenvalue weighted by molar-refractivity contribution is -0.145. The highest BCUT2D eigenvalue weighted by atomic mass is 31.2. The highest BCUT2D eigenvalue weighted by Gasteiger charge is 2.50. The lowest BCUT2D eigenvalue weighted by atomic mass is 10.00. The Morgan fingerprint density at radius 3 is 2.43 bits per heavy atom. The van der Waals surface area contributed by atoms with Crippen molar-refractivity contribution >= 4 is 30.8 Å². The van der Waals surface area contributed by atoms with E-state index in [1.165, 1.54) is 10.9 Å². The molecule has 0 amide bonds. The maximum atomic E-state index is 15.0. The molecule has 0 spiro atoms. The number of esters is 1. The van der Waals surface area contributed by atoms with Crippen LogP contribution in [0.25, 0.3) is 11.2 Å². The molecule has 17 heteroatoms. The Morgan fingerprint density at radius 1 is 1.13 bits per heavy atom. The fraction of sp³-hybridized carbons (Fsp3) is 0.793. The highest BCUT2D eigenvalue weighted by Crippen LogP contribution is 2.49. The molecule has 1 saturated heterocycles. The van der Waals surface area contributed by atoms with Gasteiger partial charge in [0.25, 0.3) is 0 Å². The Balaban J connectivity index is 2.12. The minimum absolute atomic E-state index is 0.0205. The van der Waals surface area contributed by atoms with Gasteiger partial charge in [-0.3, -0.25) is 22.8 Å². The summed E-state index contributed by atoms with van der Waals surface area (Å²) in [4.78, 5) is 25.9. The number of anilines is 1. The van der Waals surface area contributed by atoms with Gasteiger partial charge in [0.1, 0.15) is 12.1 Å². The van der Waals surface area contributed by atoms with E-state index in [4.69, 9.17) is 29.2 Å². The second-order valence-corrected chi connectivity index (χ2v) is 13.8. The lowest BCUT2D eigenvalue weighted by Crippen LogP contribution is -2.46. The molecule has 1 aliphatic rings. The fourth-order valence-corrected chi connectivity index (χ4v) is 7.53. The Kier molecular flexibility index (Phi) is 14.6. The molecule has 0 bridgehead atoms. The first kappa shape index (κ1) is 38.0. The number of halogens is 1. The van der Waals surface area contributed by atoms with E-state index in [0.29, 0.717) is 19.6 Å². The smallest absolute Gasteiger partial charge is 0.342 e. The topological polar surface area (TPSA) is 194 Å². The largest absolute Gasteiger partial charge is 0.476 e. The number of hydrogen-bond donors (Lipinski definition) is 4. The van der Waals surface area contributed by atoms with Crippen LogP contribution in [0.5, 0.6) is 5.88 Å². The maximum absolute atomic E-state index is 15.0. The summed E-state index contributed by atoms with van der Waals surface area (Å²) in [6.45, 7) is 12.7. The average Bonchev–Trinajstić information content (AvgIpc) is 3.55. The summed E-state index contributed by atoms with van der Waals surface area (Å²) in [5.74, 6) is -1.40. The lowest BCUT2D eigenvalue weighted by Gasteiger charge is -2.34. The zero-order valence-electron chi connectivity index (χ0n) is 27.8. The van der Waals surface area contributed by atoms with Gasteiger partial charge in [-0.25, -0.2) is 15.2 Å². The molecule has 2 aromatic rings. The van der Waals surface area contributed by atoms with E-state index in [1.807, 2.05) is 34.6 Å². The molecule has 262 valence electrons. The summed E-state index contributed by atoms with van der Waals surface area (Å²) in [5.41, 5.74) is 6.45. The number of nitrogens with one attached hydrogen (secondary N) is 2. The maximum Gasteiger partial charge on any atom is 0.342 e. The van der Waals surface area contributed by atoms with E-state index in [-0.39, 0.29) is 54.5 Å². The van der Waals surface area contributed by atoms with Crippen LogP contribution in [0.1, 0.15) is 67.5 Å². The van der Waals surface area contributed by atoms with Crippen molar-refractivity contribution in [1.82, 2.24) is 29.7 Å². The quantitative estimate of drug-likeness (QED) is 0.118. The van der Waals surface area contributed by atoms with E-state index in [1.54, 1.807) is 13.8 Å². The SMILES string of the molecule is CCOC[C@H](CC(C)C)NP(=O)(N[C@@H](CC(C)C)C(=O)OCC)O[C@@H]1[C@H](CF)[C@@H](CO)O[C@H]1n1cnc2c(OCC)nc(N)nc21. The van der Waals surface area contributed by atoms with Gasteiger partial charge in [-0.15, -0.1) is 0 Å². The molecule has 0 aliphatic carbocycles. The number of aromatic nitrogens is 4. The number of nitrogens with zero attached hydrogens (tertiary/aromatic N) is 4. The number of carbonyl (C=O) groups excluding carboxylic acids is 1. The number of imidazole rings is 1. The molecule has 3 heterocycles. The number of carbonyl (C=O) groups is 1. The molecule has 1 fully saturated rings. The molecule has 0 aromatic carbocycles. The van der Waals surface area contributed by atoms with Crippen molar-refractivity contribution in [3.8, 4) is 5.88 Å². The third-order valence-corrected chi connectivity index (χ3v) is 9.22. The summed E-state index contributed by atoms with van der Waals surface area (Å²) in [7, 11) is -4.25. The summed E-state index contributed by atoms with van der Waals surface area (Å²) >= 11 is 0. The molecular weight excluding hydrogens is 624 g/mol. The first-order chi connectivity index (χ1) is 21.9. The van der Waals surface area contributed by atoms with Gasteiger partial charge in [0.05, 0.1) is 45.5 Å².